The zero-order valence-corrected chi connectivity index (χ0v) is 10.9. The highest BCUT2D eigenvalue weighted by molar-refractivity contribution is 6.03. The first kappa shape index (κ1) is 12.0. The predicted molar refractivity (Wildman–Crippen MR) is 71.6 cm³/mol. The maximum Gasteiger partial charge on any atom is 0.246 e. The molecule has 0 radical (unpaired) electrons. The van der Waals surface area contributed by atoms with Gasteiger partial charge in [-0.3, -0.25) is 4.79 Å². The Labute approximate surface area is 103 Å². The van der Waals surface area contributed by atoms with Crippen molar-refractivity contribution in [3.8, 4) is 0 Å². The largest absolute Gasteiger partial charge is 0.374 e. The Bertz CT molecular complexity index is 438. The zero-order chi connectivity index (χ0) is 12.6. The van der Waals surface area contributed by atoms with Crippen molar-refractivity contribution in [3.05, 3.63) is 23.8 Å². The molecule has 3 nitrogen and oxygen atoms in total. The lowest BCUT2D eigenvalue weighted by Gasteiger charge is -2.33. The van der Waals surface area contributed by atoms with Gasteiger partial charge in [-0.2, -0.15) is 0 Å². The highest BCUT2D eigenvalue weighted by Gasteiger charge is 2.26. The molecule has 1 aliphatic heterocycles. The Morgan fingerprint density at radius 1 is 1.24 bits per heavy atom. The molecule has 1 aromatic carbocycles. The van der Waals surface area contributed by atoms with Crippen molar-refractivity contribution in [2.24, 2.45) is 0 Å². The van der Waals surface area contributed by atoms with E-state index in [0.29, 0.717) is 12.5 Å². The molecule has 0 atom stereocenters. The molecule has 2 rings (SSSR count). The number of rotatable bonds is 2. The lowest BCUT2D eigenvalue weighted by atomic mass is 10.0. The average molecular weight is 232 g/mol. The first-order chi connectivity index (χ1) is 8.00. The van der Waals surface area contributed by atoms with E-state index in [1.165, 1.54) is 5.56 Å². The Hall–Kier alpha value is -1.51. The number of hydrogen-bond acceptors (Lipinski definition) is 2. The van der Waals surface area contributed by atoms with E-state index < -0.39 is 0 Å². The monoisotopic (exact) mass is 232 g/mol. The van der Waals surface area contributed by atoms with Crippen LogP contribution in [0.1, 0.15) is 39.2 Å². The van der Waals surface area contributed by atoms with Crippen LogP contribution in [-0.4, -0.2) is 18.5 Å². The second-order valence-electron chi connectivity index (χ2n) is 5.14. The summed E-state index contributed by atoms with van der Waals surface area (Å²) < 4.78 is 0. The molecule has 0 unspecified atom stereocenters. The molecule has 0 spiro atoms. The molecule has 0 saturated heterocycles. The van der Waals surface area contributed by atoms with Crippen molar-refractivity contribution in [2.45, 2.75) is 39.7 Å². The molecule has 1 aromatic rings. The fraction of sp³-hybridized carbons (Fsp3) is 0.500. The van der Waals surface area contributed by atoms with Crippen molar-refractivity contribution < 1.29 is 4.79 Å². The van der Waals surface area contributed by atoms with Crippen LogP contribution in [0, 0.1) is 0 Å². The summed E-state index contributed by atoms with van der Waals surface area (Å²) in [5.41, 5.74) is 3.34. The second kappa shape index (κ2) is 4.40. The Kier molecular flexibility index (Phi) is 3.09. The van der Waals surface area contributed by atoms with Crippen LogP contribution in [0.3, 0.4) is 0 Å². The molecule has 0 aromatic heterocycles. The molecule has 1 N–H and O–H groups in total. The van der Waals surface area contributed by atoms with Gasteiger partial charge in [-0.25, -0.2) is 0 Å². The van der Waals surface area contributed by atoms with Crippen LogP contribution in [0.2, 0.25) is 0 Å². The lowest BCUT2D eigenvalue weighted by Crippen LogP contribution is -2.44. The van der Waals surface area contributed by atoms with Gasteiger partial charge in [0.15, 0.2) is 0 Å². The molecule has 0 bridgehead atoms. The topological polar surface area (TPSA) is 32.3 Å². The SMILES string of the molecule is CC(C)c1ccc2c(c1)N(C(C)C)C(=O)CN2. The van der Waals surface area contributed by atoms with E-state index in [2.05, 4.69) is 51.2 Å². The second-order valence-corrected chi connectivity index (χ2v) is 5.14. The summed E-state index contributed by atoms with van der Waals surface area (Å²) in [7, 11) is 0. The fourth-order valence-corrected chi connectivity index (χ4v) is 2.21. The van der Waals surface area contributed by atoms with Crippen molar-refractivity contribution in [1.82, 2.24) is 0 Å². The van der Waals surface area contributed by atoms with Gasteiger partial charge in [0.25, 0.3) is 0 Å². The quantitative estimate of drug-likeness (QED) is 0.850. The van der Waals surface area contributed by atoms with Gasteiger partial charge in [-0.05, 0) is 37.5 Å². The summed E-state index contributed by atoms with van der Waals surface area (Å²) in [5.74, 6) is 0.625. The molecular formula is C14H20N2O. The normalized spacial score (nSPS) is 15.2. The molecule has 1 heterocycles. The van der Waals surface area contributed by atoms with Gasteiger partial charge in [0.1, 0.15) is 0 Å². The van der Waals surface area contributed by atoms with Crippen molar-refractivity contribution in [2.75, 3.05) is 16.8 Å². The van der Waals surface area contributed by atoms with Crippen LogP contribution >= 0.6 is 0 Å². The highest BCUT2D eigenvalue weighted by atomic mass is 16.2. The maximum atomic E-state index is 11.9. The minimum absolute atomic E-state index is 0.147. The number of benzene rings is 1. The van der Waals surface area contributed by atoms with Gasteiger partial charge in [0, 0.05) is 6.04 Å². The molecule has 17 heavy (non-hydrogen) atoms. The number of amides is 1. The Morgan fingerprint density at radius 2 is 1.94 bits per heavy atom. The molecule has 1 aliphatic rings. The van der Waals surface area contributed by atoms with Crippen molar-refractivity contribution >= 4 is 17.3 Å². The summed E-state index contributed by atoms with van der Waals surface area (Å²) in [6.45, 7) is 8.83. The van der Waals surface area contributed by atoms with Gasteiger partial charge >= 0.3 is 0 Å². The lowest BCUT2D eigenvalue weighted by molar-refractivity contribution is -0.117. The Balaban J connectivity index is 2.48. The summed E-state index contributed by atoms with van der Waals surface area (Å²) in [6, 6.07) is 6.53. The first-order valence-corrected chi connectivity index (χ1v) is 6.20. The van der Waals surface area contributed by atoms with Crippen molar-refractivity contribution in [1.29, 1.82) is 0 Å². The average Bonchev–Trinajstić information content (AvgIpc) is 2.27. The van der Waals surface area contributed by atoms with Crippen LogP contribution < -0.4 is 10.2 Å². The summed E-state index contributed by atoms with van der Waals surface area (Å²) >= 11 is 0. The highest BCUT2D eigenvalue weighted by Crippen LogP contribution is 2.33. The molecule has 92 valence electrons. The first-order valence-electron chi connectivity index (χ1n) is 6.20. The van der Waals surface area contributed by atoms with E-state index in [4.69, 9.17) is 0 Å². The number of carbonyl (C=O) groups excluding carboxylic acids is 1. The molecule has 0 fully saturated rings. The minimum Gasteiger partial charge on any atom is -0.374 e. The molecule has 3 heteroatoms. The van der Waals surface area contributed by atoms with E-state index in [1.807, 2.05) is 4.90 Å². The van der Waals surface area contributed by atoms with Gasteiger partial charge < -0.3 is 10.2 Å². The zero-order valence-electron chi connectivity index (χ0n) is 10.9. The summed E-state index contributed by atoms with van der Waals surface area (Å²) in [5, 5.41) is 3.17. The van der Waals surface area contributed by atoms with Crippen LogP contribution in [0.4, 0.5) is 11.4 Å². The number of nitrogens with zero attached hydrogens (tertiary/aromatic N) is 1. The van der Waals surface area contributed by atoms with E-state index in [1.54, 1.807) is 0 Å². The Morgan fingerprint density at radius 3 is 2.53 bits per heavy atom. The van der Waals surface area contributed by atoms with Gasteiger partial charge in [0.05, 0.1) is 17.9 Å². The number of hydrogen-bond donors (Lipinski definition) is 1. The third-order valence-corrected chi connectivity index (χ3v) is 3.16. The smallest absolute Gasteiger partial charge is 0.246 e. The number of anilines is 2. The van der Waals surface area contributed by atoms with Gasteiger partial charge in [0.2, 0.25) is 5.91 Å². The van der Waals surface area contributed by atoms with E-state index >= 15 is 0 Å². The summed E-state index contributed by atoms with van der Waals surface area (Å²) in [6.07, 6.45) is 0. The van der Waals surface area contributed by atoms with Gasteiger partial charge in [-0.15, -0.1) is 0 Å². The molecule has 1 amide bonds. The van der Waals surface area contributed by atoms with Crippen LogP contribution in [0.5, 0.6) is 0 Å². The van der Waals surface area contributed by atoms with Crippen LogP contribution in [0.25, 0.3) is 0 Å². The summed E-state index contributed by atoms with van der Waals surface area (Å²) in [4.78, 5) is 13.8. The fourth-order valence-electron chi connectivity index (χ4n) is 2.21. The minimum atomic E-state index is 0.147. The third kappa shape index (κ3) is 2.14. The van der Waals surface area contributed by atoms with E-state index in [0.717, 1.165) is 11.4 Å². The standard InChI is InChI=1S/C14H20N2O/c1-9(2)11-5-6-12-13(7-11)16(10(3)4)14(17)8-15-12/h5-7,9-10,15H,8H2,1-4H3. The number of carbonyl (C=O) groups is 1. The maximum absolute atomic E-state index is 11.9. The van der Waals surface area contributed by atoms with Crippen LogP contribution in [-0.2, 0) is 4.79 Å². The predicted octanol–water partition coefficient (Wildman–Crippen LogP) is 2.98. The van der Waals surface area contributed by atoms with E-state index in [-0.39, 0.29) is 11.9 Å². The van der Waals surface area contributed by atoms with E-state index in [9.17, 15) is 4.79 Å². The van der Waals surface area contributed by atoms with Crippen LogP contribution in [0.15, 0.2) is 18.2 Å². The third-order valence-electron chi connectivity index (χ3n) is 3.16. The van der Waals surface area contributed by atoms with Crippen molar-refractivity contribution in [3.63, 3.8) is 0 Å². The molecule has 0 aliphatic carbocycles. The number of fused-ring (bicyclic) bond motifs is 1. The number of nitrogens with one attached hydrogen (secondary N) is 1. The molecular weight excluding hydrogens is 212 g/mol. The molecule has 0 saturated carbocycles. The van der Waals surface area contributed by atoms with Gasteiger partial charge in [-0.1, -0.05) is 19.9 Å².